The average Bonchev–Trinajstić information content (AvgIpc) is 2.43. The number of nitrogens with zero attached hydrogens (tertiary/aromatic N) is 4. The van der Waals surface area contributed by atoms with Gasteiger partial charge in [0.05, 0.1) is 0 Å². The van der Waals surface area contributed by atoms with E-state index in [9.17, 15) is 0 Å². The Hall–Kier alpha value is -0.200. The fourth-order valence-corrected chi connectivity index (χ4v) is 2.74. The van der Waals surface area contributed by atoms with E-state index in [1.54, 1.807) is 0 Å². The molecule has 0 aromatic carbocycles. The van der Waals surface area contributed by atoms with Gasteiger partial charge in [-0.1, -0.05) is 0 Å². The Labute approximate surface area is 118 Å². The molecule has 0 aliphatic carbocycles. The van der Waals surface area contributed by atoms with Gasteiger partial charge >= 0.3 is 0 Å². The van der Waals surface area contributed by atoms with Crippen LogP contribution >= 0.6 is 0 Å². The monoisotopic (exact) mass is 269 g/mol. The normalized spacial score (nSPS) is 24.9. The van der Waals surface area contributed by atoms with Crippen molar-refractivity contribution in [2.75, 3.05) is 92.6 Å². The van der Waals surface area contributed by atoms with Crippen molar-refractivity contribution in [3.8, 4) is 0 Å². The van der Waals surface area contributed by atoms with E-state index in [2.05, 4.69) is 39.0 Å². The predicted molar refractivity (Wildman–Crippen MR) is 80.7 cm³/mol. The SMILES string of the molecule is CN1CCN(CCNCCN2CCN(C)CC2)CC1. The third-order valence-corrected chi connectivity index (χ3v) is 4.40. The molecular weight excluding hydrogens is 238 g/mol. The van der Waals surface area contributed by atoms with E-state index in [0.717, 1.165) is 13.1 Å². The molecule has 2 aliphatic rings. The Bertz CT molecular complexity index is 208. The number of hydrogen-bond acceptors (Lipinski definition) is 5. The molecule has 2 saturated heterocycles. The van der Waals surface area contributed by atoms with Gasteiger partial charge in [-0.2, -0.15) is 0 Å². The quantitative estimate of drug-likeness (QED) is 0.628. The van der Waals surface area contributed by atoms with Crippen molar-refractivity contribution in [2.45, 2.75) is 0 Å². The summed E-state index contributed by atoms with van der Waals surface area (Å²) in [5.74, 6) is 0. The highest BCUT2D eigenvalue weighted by molar-refractivity contribution is 4.71. The van der Waals surface area contributed by atoms with E-state index >= 15 is 0 Å². The van der Waals surface area contributed by atoms with Crippen LogP contribution in [0.5, 0.6) is 0 Å². The van der Waals surface area contributed by atoms with Crippen LogP contribution in [-0.4, -0.2) is 112 Å². The van der Waals surface area contributed by atoms with Crippen LogP contribution in [0.1, 0.15) is 0 Å². The Morgan fingerprint density at radius 2 is 1.00 bits per heavy atom. The van der Waals surface area contributed by atoms with Crippen LogP contribution in [0.15, 0.2) is 0 Å². The highest BCUT2D eigenvalue weighted by atomic mass is 15.3. The highest BCUT2D eigenvalue weighted by Gasteiger charge is 2.14. The van der Waals surface area contributed by atoms with Crippen LogP contribution in [-0.2, 0) is 0 Å². The van der Waals surface area contributed by atoms with Crippen molar-refractivity contribution < 1.29 is 0 Å². The molecule has 5 nitrogen and oxygen atoms in total. The number of nitrogens with one attached hydrogen (secondary N) is 1. The molecule has 0 radical (unpaired) electrons. The van der Waals surface area contributed by atoms with Crippen molar-refractivity contribution in [1.82, 2.24) is 24.9 Å². The first-order chi connectivity index (χ1) is 9.24. The van der Waals surface area contributed by atoms with Gasteiger partial charge in [0, 0.05) is 78.5 Å². The molecule has 2 heterocycles. The summed E-state index contributed by atoms with van der Waals surface area (Å²) in [6, 6.07) is 0. The van der Waals surface area contributed by atoms with E-state index in [1.807, 2.05) is 0 Å². The summed E-state index contributed by atoms with van der Waals surface area (Å²) in [5, 5.41) is 3.59. The van der Waals surface area contributed by atoms with Crippen molar-refractivity contribution in [1.29, 1.82) is 0 Å². The minimum absolute atomic E-state index is 1.14. The summed E-state index contributed by atoms with van der Waals surface area (Å²) >= 11 is 0. The van der Waals surface area contributed by atoms with Gasteiger partial charge in [0.2, 0.25) is 0 Å². The van der Waals surface area contributed by atoms with Gasteiger partial charge in [-0.3, -0.25) is 9.80 Å². The van der Waals surface area contributed by atoms with Crippen LogP contribution in [0.3, 0.4) is 0 Å². The molecular formula is C14H31N5. The van der Waals surface area contributed by atoms with Crippen LogP contribution in [0.25, 0.3) is 0 Å². The van der Waals surface area contributed by atoms with E-state index in [1.165, 1.54) is 65.4 Å². The number of piperazine rings is 2. The molecule has 112 valence electrons. The molecule has 19 heavy (non-hydrogen) atoms. The molecule has 0 atom stereocenters. The standard InChI is InChI=1S/C14H31N5/c1-16-7-11-18(12-8-16)5-3-15-4-6-19-13-9-17(2)10-14-19/h15H,3-14H2,1-2H3. The largest absolute Gasteiger partial charge is 0.314 e. The molecule has 0 unspecified atom stereocenters. The molecule has 2 fully saturated rings. The third kappa shape index (κ3) is 5.75. The summed E-state index contributed by atoms with van der Waals surface area (Å²) in [6.07, 6.45) is 0. The minimum atomic E-state index is 1.14. The lowest BCUT2D eigenvalue weighted by molar-refractivity contribution is 0.147. The smallest absolute Gasteiger partial charge is 0.0110 e. The third-order valence-electron chi connectivity index (χ3n) is 4.40. The Kier molecular flexibility index (Phi) is 6.53. The van der Waals surface area contributed by atoms with Crippen LogP contribution < -0.4 is 5.32 Å². The number of rotatable bonds is 6. The second-order valence-electron chi connectivity index (χ2n) is 6.04. The number of hydrogen-bond donors (Lipinski definition) is 1. The predicted octanol–water partition coefficient (Wildman–Crippen LogP) is -0.929. The lowest BCUT2D eigenvalue weighted by atomic mass is 10.3. The Morgan fingerprint density at radius 1 is 0.632 bits per heavy atom. The maximum atomic E-state index is 3.59. The van der Waals surface area contributed by atoms with Gasteiger partial charge in [-0.15, -0.1) is 0 Å². The molecule has 5 heteroatoms. The maximum Gasteiger partial charge on any atom is 0.0110 e. The van der Waals surface area contributed by atoms with Crippen molar-refractivity contribution in [3.63, 3.8) is 0 Å². The van der Waals surface area contributed by atoms with Crippen molar-refractivity contribution in [2.24, 2.45) is 0 Å². The van der Waals surface area contributed by atoms with Gasteiger partial charge in [-0.25, -0.2) is 0 Å². The fraction of sp³-hybridized carbons (Fsp3) is 1.00. The van der Waals surface area contributed by atoms with Crippen LogP contribution in [0, 0.1) is 0 Å². The van der Waals surface area contributed by atoms with E-state index in [0.29, 0.717) is 0 Å². The molecule has 0 saturated carbocycles. The highest BCUT2D eigenvalue weighted by Crippen LogP contribution is 1.98. The lowest BCUT2D eigenvalue weighted by Gasteiger charge is -2.33. The molecule has 1 N–H and O–H groups in total. The number of likely N-dealkylation sites (N-methyl/N-ethyl adjacent to an activating group) is 2. The van der Waals surface area contributed by atoms with Gasteiger partial charge in [0.15, 0.2) is 0 Å². The zero-order valence-electron chi connectivity index (χ0n) is 12.8. The van der Waals surface area contributed by atoms with E-state index in [-0.39, 0.29) is 0 Å². The zero-order valence-corrected chi connectivity index (χ0v) is 12.8. The van der Waals surface area contributed by atoms with Gasteiger partial charge < -0.3 is 15.1 Å². The summed E-state index contributed by atoms with van der Waals surface area (Å²) in [6.45, 7) is 14.5. The molecule has 2 aliphatic heterocycles. The minimum Gasteiger partial charge on any atom is -0.314 e. The first kappa shape index (κ1) is 15.2. The van der Waals surface area contributed by atoms with Crippen molar-refractivity contribution in [3.05, 3.63) is 0 Å². The first-order valence-corrected chi connectivity index (χ1v) is 7.76. The summed E-state index contributed by atoms with van der Waals surface area (Å²) < 4.78 is 0. The van der Waals surface area contributed by atoms with Crippen LogP contribution in [0.2, 0.25) is 0 Å². The summed E-state index contributed by atoms with van der Waals surface area (Å²) in [5.41, 5.74) is 0. The molecule has 0 spiro atoms. The molecule has 0 amide bonds. The second-order valence-corrected chi connectivity index (χ2v) is 6.04. The lowest BCUT2D eigenvalue weighted by Crippen LogP contribution is -2.48. The van der Waals surface area contributed by atoms with E-state index < -0.39 is 0 Å². The second kappa shape index (κ2) is 8.17. The molecule has 0 aromatic rings. The summed E-state index contributed by atoms with van der Waals surface area (Å²) in [7, 11) is 4.43. The maximum absolute atomic E-state index is 3.59. The van der Waals surface area contributed by atoms with E-state index in [4.69, 9.17) is 0 Å². The Balaban J connectivity index is 1.44. The van der Waals surface area contributed by atoms with Gasteiger partial charge in [-0.05, 0) is 14.1 Å². The Morgan fingerprint density at radius 3 is 1.37 bits per heavy atom. The zero-order chi connectivity index (χ0) is 13.5. The topological polar surface area (TPSA) is 25.0 Å². The average molecular weight is 269 g/mol. The summed E-state index contributed by atoms with van der Waals surface area (Å²) in [4.78, 5) is 9.97. The molecule has 0 bridgehead atoms. The van der Waals surface area contributed by atoms with Gasteiger partial charge in [0.1, 0.15) is 0 Å². The van der Waals surface area contributed by atoms with Gasteiger partial charge in [0.25, 0.3) is 0 Å². The fourth-order valence-electron chi connectivity index (χ4n) is 2.74. The first-order valence-electron chi connectivity index (χ1n) is 7.76. The van der Waals surface area contributed by atoms with Crippen molar-refractivity contribution >= 4 is 0 Å². The molecule has 0 aromatic heterocycles. The molecule has 2 rings (SSSR count). The van der Waals surface area contributed by atoms with Crippen LogP contribution in [0.4, 0.5) is 0 Å².